The highest BCUT2D eigenvalue weighted by Gasteiger charge is 2.34. The standard InChI is InChI=1S/C15H13F3N2S/c1-9-3-2-4-10(7-9)21-11-5-6-12(14(19)20)13(8-11)15(16,17)18/h2-8H,1H3,(H3,19,20). The van der Waals surface area contributed by atoms with E-state index in [2.05, 4.69) is 0 Å². The molecule has 0 radical (unpaired) electrons. The van der Waals surface area contributed by atoms with Crippen molar-refractivity contribution in [3.8, 4) is 0 Å². The maximum Gasteiger partial charge on any atom is 0.417 e. The van der Waals surface area contributed by atoms with Crippen LogP contribution in [0, 0.1) is 12.3 Å². The van der Waals surface area contributed by atoms with Gasteiger partial charge in [-0.2, -0.15) is 13.2 Å². The highest BCUT2D eigenvalue weighted by molar-refractivity contribution is 7.99. The highest BCUT2D eigenvalue weighted by Crippen LogP contribution is 2.36. The molecule has 3 N–H and O–H groups in total. The molecule has 0 aliphatic carbocycles. The first-order chi connectivity index (χ1) is 9.77. The van der Waals surface area contributed by atoms with Crippen molar-refractivity contribution in [3.05, 3.63) is 59.2 Å². The molecule has 0 saturated carbocycles. The minimum atomic E-state index is -4.54. The Morgan fingerprint density at radius 3 is 2.33 bits per heavy atom. The van der Waals surface area contributed by atoms with Gasteiger partial charge in [-0.05, 0) is 37.3 Å². The van der Waals surface area contributed by atoms with Crippen LogP contribution in [0.4, 0.5) is 13.2 Å². The zero-order chi connectivity index (χ0) is 15.6. The van der Waals surface area contributed by atoms with Crippen molar-refractivity contribution in [1.29, 1.82) is 5.41 Å². The molecular formula is C15H13F3N2S. The average molecular weight is 310 g/mol. The van der Waals surface area contributed by atoms with Gasteiger partial charge in [-0.25, -0.2) is 0 Å². The van der Waals surface area contributed by atoms with E-state index >= 15 is 0 Å². The van der Waals surface area contributed by atoms with Crippen LogP contribution in [0.25, 0.3) is 0 Å². The summed E-state index contributed by atoms with van der Waals surface area (Å²) in [6.07, 6.45) is -4.54. The summed E-state index contributed by atoms with van der Waals surface area (Å²) < 4.78 is 39.1. The molecule has 6 heteroatoms. The fourth-order valence-electron chi connectivity index (χ4n) is 1.87. The summed E-state index contributed by atoms with van der Waals surface area (Å²) in [6, 6.07) is 11.3. The Balaban J connectivity index is 2.40. The van der Waals surface area contributed by atoms with E-state index in [-0.39, 0.29) is 5.56 Å². The Kier molecular flexibility index (Phi) is 4.27. The van der Waals surface area contributed by atoms with E-state index in [0.29, 0.717) is 4.90 Å². The summed E-state index contributed by atoms with van der Waals surface area (Å²) >= 11 is 1.24. The minimum Gasteiger partial charge on any atom is -0.384 e. The van der Waals surface area contributed by atoms with Crippen LogP contribution in [0.15, 0.2) is 52.3 Å². The molecule has 0 saturated heterocycles. The molecule has 0 aliphatic rings. The summed E-state index contributed by atoms with van der Waals surface area (Å²) in [5, 5.41) is 7.25. The molecular weight excluding hydrogens is 297 g/mol. The van der Waals surface area contributed by atoms with E-state index < -0.39 is 17.6 Å². The molecule has 0 atom stereocenters. The Morgan fingerprint density at radius 1 is 1.10 bits per heavy atom. The van der Waals surface area contributed by atoms with Crippen LogP contribution in [0.1, 0.15) is 16.7 Å². The molecule has 2 rings (SSSR count). The van der Waals surface area contributed by atoms with Crippen molar-refractivity contribution >= 4 is 17.6 Å². The first kappa shape index (κ1) is 15.4. The molecule has 0 amide bonds. The lowest BCUT2D eigenvalue weighted by Crippen LogP contribution is -2.18. The van der Waals surface area contributed by atoms with Gasteiger partial charge in [0.1, 0.15) is 5.84 Å². The Bertz CT molecular complexity index is 681. The molecule has 21 heavy (non-hydrogen) atoms. The van der Waals surface area contributed by atoms with E-state index in [9.17, 15) is 13.2 Å². The molecule has 110 valence electrons. The van der Waals surface area contributed by atoms with Gasteiger partial charge in [0, 0.05) is 15.4 Å². The van der Waals surface area contributed by atoms with E-state index in [1.807, 2.05) is 31.2 Å². The number of halogens is 3. The second-order valence-electron chi connectivity index (χ2n) is 4.54. The number of aryl methyl sites for hydroxylation is 1. The first-order valence-corrected chi connectivity index (χ1v) is 6.89. The number of benzene rings is 2. The Morgan fingerprint density at radius 2 is 1.76 bits per heavy atom. The van der Waals surface area contributed by atoms with Crippen molar-refractivity contribution in [3.63, 3.8) is 0 Å². The number of alkyl halides is 3. The highest BCUT2D eigenvalue weighted by atomic mass is 32.2. The SMILES string of the molecule is Cc1cccc(Sc2ccc(C(=N)N)c(C(F)(F)F)c2)c1. The van der Waals surface area contributed by atoms with Gasteiger partial charge >= 0.3 is 6.18 Å². The second-order valence-corrected chi connectivity index (χ2v) is 5.68. The number of nitrogens with two attached hydrogens (primary N) is 1. The fraction of sp³-hybridized carbons (Fsp3) is 0.133. The maximum atomic E-state index is 13.0. The molecule has 0 aromatic heterocycles. The topological polar surface area (TPSA) is 49.9 Å². The molecule has 0 fully saturated rings. The lowest BCUT2D eigenvalue weighted by Gasteiger charge is -2.13. The molecule has 0 unspecified atom stereocenters. The van der Waals surface area contributed by atoms with Crippen LogP contribution in [0.5, 0.6) is 0 Å². The van der Waals surface area contributed by atoms with Crippen LogP contribution in [0.3, 0.4) is 0 Å². The van der Waals surface area contributed by atoms with Crippen LogP contribution in [-0.2, 0) is 6.18 Å². The number of hydrogen-bond acceptors (Lipinski definition) is 2. The largest absolute Gasteiger partial charge is 0.417 e. The molecule has 0 aliphatic heterocycles. The summed E-state index contributed by atoms with van der Waals surface area (Å²) in [6.45, 7) is 1.92. The van der Waals surface area contributed by atoms with Crippen LogP contribution in [0.2, 0.25) is 0 Å². The van der Waals surface area contributed by atoms with Gasteiger partial charge < -0.3 is 5.73 Å². The molecule has 2 aromatic carbocycles. The third kappa shape index (κ3) is 3.78. The molecule has 2 nitrogen and oxygen atoms in total. The predicted molar refractivity (Wildman–Crippen MR) is 77.8 cm³/mol. The van der Waals surface area contributed by atoms with E-state index in [1.54, 1.807) is 6.07 Å². The minimum absolute atomic E-state index is 0.295. The molecule has 2 aromatic rings. The van der Waals surface area contributed by atoms with Crippen molar-refractivity contribution in [2.75, 3.05) is 0 Å². The molecule has 0 spiro atoms. The van der Waals surface area contributed by atoms with Crippen LogP contribution in [-0.4, -0.2) is 5.84 Å². The van der Waals surface area contributed by atoms with Crippen molar-refractivity contribution in [2.24, 2.45) is 5.73 Å². The number of amidine groups is 1. The smallest absolute Gasteiger partial charge is 0.384 e. The van der Waals surface area contributed by atoms with Gasteiger partial charge in [-0.1, -0.05) is 29.5 Å². The summed E-state index contributed by atoms with van der Waals surface area (Å²) in [7, 11) is 0. The fourth-order valence-corrected chi connectivity index (χ4v) is 2.85. The van der Waals surface area contributed by atoms with Gasteiger partial charge in [-0.15, -0.1) is 0 Å². The van der Waals surface area contributed by atoms with Gasteiger partial charge in [0.15, 0.2) is 0 Å². The summed E-state index contributed by atoms with van der Waals surface area (Å²) in [5.41, 5.74) is 5.07. The van der Waals surface area contributed by atoms with E-state index in [0.717, 1.165) is 16.5 Å². The van der Waals surface area contributed by atoms with Gasteiger partial charge in [-0.3, -0.25) is 5.41 Å². The van der Waals surface area contributed by atoms with Gasteiger partial charge in [0.25, 0.3) is 0 Å². The van der Waals surface area contributed by atoms with E-state index in [4.69, 9.17) is 11.1 Å². The molecule has 0 bridgehead atoms. The Labute approximate surface area is 124 Å². The number of nitrogen functional groups attached to an aromatic ring is 1. The van der Waals surface area contributed by atoms with Crippen molar-refractivity contribution < 1.29 is 13.2 Å². The van der Waals surface area contributed by atoms with Crippen LogP contribution >= 0.6 is 11.8 Å². The third-order valence-electron chi connectivity index (χ3n) is 2.81. The predicted octanol–water partition coefficient (Wildman–Crippen LogP) is 4.45. The average Bonchev–Trinajstić information content (AvgIpc) is 2.37. The Hall–Kier alpha value is -1.95. The van der Waals surface area contributed by atoms with E-state index in [1.165, 1.54) is 17.8 Å². The van der Waals surface area contributed by atoms with Crippen molar-refractivity contribution in [2.45, 2.75) is 22.9 Å². The quantitative estimate of drug-likeness (QED) is 0.650. The third-order valence-corrected chi connectivity index (χ3v) is 3.79. The van der Waals surface area contributed by atoms with Crippen molar-refractivity contribution in [1.82, 2.24) is 0 Å². The first-order valence-electron chi connectivity index (χ1n) is 6.07. The number of rotatable bonds is 3. The monoisotopic (exact) mass is 310 g/mol. The second kappa shape index (κ2) is 5.81. The normalized spacial score (nSPS) is 11.4. The van der Waals surface area contributed by atoms with Gasteiger partial charge in [0.05, 0.1) is 5.56 Å². The number of nitrogens with one attached hydrogen (secondary N) is 1. The maximum absolute atomic E-state index is 13.0. The summed E-state index contributed by atoms with van der Waals surface area (Å²) in [5.74, 6) is -0.588. The lowest BCUT2D eigenvalue weighted by atomic mass is 10.1. The molecule has 0 heterocycles. The zero-order valence-corrected chi connectivity index (χ0v) is 12.0. The number of hydrogen-bond donors (Lipinski definition) is 2. The zero-order valence-electron chi connectivity index (χ0n) is 11.2. The lowest BCUT2D eigenvalue weighted by molar-refractivity contribution is -0.137. The van der Waals surface area contributed by atoms with Crippen LogP contribution < -0.4 is 5.73 Å². The van der Waals surface area contributed by atoms with Gasteiger partial charge in [0.2, 0.25) is 0 Å². The summed E-state index contributed by atoms with van der Waals surface area (Å²) in [4.78, 5) is 1.32.